The summed E-state index contributed by atoms with van der Waals surface area (Å²) >= 11 is 0. The van der Waals surface area contributed by atoms with Crippen LogP contribution in [-0.4, -0.2) is 109 Å². The lowest BCUT2D eigenvalue weighted by atomic mass is 9.93. The Labute approximate surface area is 188 Å². The molecule has 8 heteroatoms. The molecular formula is C23H48N2O6+2. The van der Waals surface area contributed by atoms with Gasteiger partial charge < -0.3 is 29.4 Å². The third kappa shape index (κ3) is 15.3. The van der Waals surface area contributed by atoms with Gasteiger partial charge in [0.15, 0.2) is 0 Å². The fourth-order valence-corrected chi connectivity index (χ4v) is 3.95. The first-order valence-electron chi connectivity index (χ1n) is 11.6. The standard InChI is InChI=1S/C23H46N2O6/c1-24(2,3)16-20(26)18(22(28)29)14-12-10-8-7-9-11-13-15-19(23(30)31)21(27)17-25(4,5)6/h18-21,26-27H,7-17H2,1-6H3/p+2. The van der Waals surface area contributed by atoms with E-state index in [0.717, 1.165) is 44.9 Å². The molecule has 0 aromatic heterocycles. The Morgan fingerprint density at radius 1 is 0.581 bits per heavy atom. The molecule has 31 heavy (non-hydrogen) atoms. The van der Waals surface area contributed by atoms with Gasteiger partial charge in [0.1, 0.15) is 25.3 Å². The molecule has 4 atom stereocenters. The zero-order valence-electron chi connectivity index (χ0n) is 20.6. The maximum atomic E-state index is 11.5. The molecule has 0 fully saturated rings. The van der Waals surface area contributed by atoms with E-state index in [-0.39, 0.29) is 0 Å². The van der Waals surface area contributed by atoms with Gasteiger partial charge in [0.2, 0.25) is 0 Å². The number of aliphatic hydroxyl groups is 2. The molecule has 0 saturated carbocycles. The lowest BCUT2D eigenvalue weighted by molar-refractivity contribution is -0.874. The van der Waals surface area contributed by atoms with Crippen molar-refractivity contribution >= 4 is 11.9 Å². The van der Waals surface area contributed by atoms with Crippen LogP contribution in [-0.2, 0) is 9.59 Å². The minimum absolute atomic E-state index is 0.414. The van der Waals surface area contributed by atoms with Gasteiger partial charge in [-0.25, -0.2) is 0 Å². The van der Waals surface area contributed by atoms with E-state index >= 15 is 0 Å². The molecule has 0 bridgehead atoms. The van der Waals surface area contributed by atoms with Gasteiger partial charge in [-0.2, -0.15) is 0 Å². The summed E-state index contributed by atoms with van der Waals surface area (Å²) < 4.78 is 1.06. The van der Waals surface area contributed by atoms with Crippen LogP contribution in [0, 0.1) is 11.8 Å². The fraction of sp³-hybridized carbons (Fsp3) is 0.913. The van der Waals surface area contributed by atoms with Crippen LogP contribution in [0.25, 0.3) is 0 Å². The number of carboxylic acid groups (broad SMARTS) is 2. The summed E-state index contributed by atoms with van der Waals surface area (Å²) in [6.45, 7) is 0.829. The van der Waals surface area contributed by atoms with Gasteiger partial charge in [0, 0.05) is 0 Å². The lowest BCUT2D eigenvalue weighted by Gasteiger charge is -2.29. The minimum atomic E-state index is -0.929. The van der Waals surface area contributed by atoms with Crippen molar-refractivity contribution in [2.45, 2.75) is 70.0 Å². The summed E-state index contributed by atoms with van der Waals surface area (Å²) in [5.41, 5.74) is 0. The molecular weight excluding hydrogens is 400 g/mol. The highest BCUT2D eigenvalue weighted by molar-refractivity contribution is 5.71. The van der Waals surface area contributed by atoms with Gasteiger partial charge in [-0.1, -0.05) is 44.9 Å². The van der Waals surface area contributed by atoms with Crippen LogP contribution >= 0.6 is 0 Å². The number of hydrogen-bond acceptors (Lipinski definition) is 4. The molecule has 4 unspecified atom stereocenters. The van der Waals surface area contributed by atoms with E-state index in [2.05, 4.69) is 0 Å². The summed E-state index contributed by atoms with van der Waals surface area (Å²) in [5.74, 6) is -3.30. The van der Waals surface area contributed by atoms with E-state index in [1.165, 1.54) is 0 Å². The van der Waals surface area contributed by atoms with Gasteiger partial charge in [-0.05, 0) is 12.8 Å². The third-order valence-corrected chi connectivity index (χ3v) is 5.56. The van der Waals surface area contributed by atoms with Crippen LogP contribution in [0.1, 0.15) is 57.8 Å². The Morgan fingerprint density at radius 3 is 1.06 bits per heavy atom. The molecule has 8 nitrogen and oxygen atoms in total. The number of rotatable bonds is 18. The summed E-state index contributed by atoms with van der Waals surface area (Å²) in [4.78, 5) is 22.9. The minimum Gasteiger partial charge on any atom is -0.481 e. The second-order valence-corrected chi connectivity index (χ2v) is 11.0. The third-order valence-electron chi connectivity index (χ3n) is 5.56. The van der Waals surface area contributed by atoms with Crippen molar-refractivity contribution in [1.29, 1.82) is 0 Å². The van der Waals surface area contributed by atoms with E-state index in [4.69, 9.17) is 0 Å². The Balaban J connectivity index is 4.06. The van der Waals surface area contributed by atoms with Crippen molar-refractivity contribution < 1.29 is 39.0 Å². The molecule has 4 N–H and O–H groups in total. The molecule has 0 rings (SSSR count). The van der Waals surface area contributed by atoms with Gasteiger partial charge in [0.05, 0.1) is 54.1 Å². The first-order chi connectivity index (χ1) is 14.1. The normalized spacial score (nSPS) is 16.5. The molecule has 0 radical (unpaired) electrons. The summed E-state index contributed by atoms with van der Waals surface area (Å²) in [5, 5.41) is 39.3. The largest absolute Gasteiger partial charge is 0.481 e. The second-order valence-electron chi connectivity index (χ2n) is 11.0. The van der Waals surface area contributed by atoms with Gasteiger partial charge in [-0.3, -0.25) is 9.59 Å². The molecule has 0 saturated heterocycles. The van der Waals surface area contributed by atoms with Crippen LogP contribution in [0.2, 0.25) is 0 Å². The van der Waals surface area contributed by atoms with Crippen LogP contribution < -0.4 is 0 Å². The predicted octanol–water partition coefficient (Wildman–Crippen LogP) is 2.03. The molecule has 0 amide bonds. The second kappa shape index (κ2) is 14.0. The topological polar surface area (TPSA) is 115 Å². The number of carboxylic acids is 2. The van der Waals surface area contributed by atoms with Crippen molar-refractivity contribution in [3.63, 3.8) is 0 Å². The molecule has 0 spiro atoms. The number of likely N-dealkylation sites (N-methyl/N-ethyl adjacent to an activating group) is 2. The molecule has 0 aliphatic carbocycles. The SMILES string of the molecule is C[N+](C)(C)CC(O)C(CCCCCCCCCC(C(=O)O)C(O)C[N+](C)(C)C)C(=O)O. The zero-order valence-corrected chi connectivity index (χ0v) is 20.6. The Hall–Kier alpha value is -1.22. The highest BCUT2D eigenvalue weighted by atomic mass is 16.4. The van der Waals surface area contributed by atoms with Crippen molar-refractivity contribution in [3.8, 4) is 0 Å². The van der Waals surface area contributed by atoms with Crippen LogP contribution in [0.15, 0.2) is 0 Å². The number of carbonyl (C=O) groups is 2. The molecule has 0 aliphatic rings. The molecule has 0 aromatic rings. The maximum absolute atomic E-state index is 11.5. The van der Waals surface area contributed by atoms with E-state index in [1.54, 1.807) is 0 Å². The van der Waals surface area contributed by atoms with E-state index < -0.39 is 36.0 Å². The predicted molar refractivity (Wildman–Crippen MR) is 122 cm³/mol. The Bertz CT molecular complexity index is 481. The Kier molecular flexibility index (Phi) is 13.5. The summed E-state index contributed by atoms with van der Waals surface area (Å²) in [6, 6.07) is 0. The van der Waals surface area contributed by atoms with Crippen LogP contribution in [0.4, 0.5) is 0 Å². The van der Waals surface area contributed by atoms with E-state index in [1.807, 2.05) is 42.3 Å². The number of unbranched alkanes of at least 4 members (excludes halogenated alkanes) is 6. The highest BCUT2D eigenvalue weighted by Gasteiger charge is 2.31. The number of hydrogen-bond donors (Lipinski definition) is 4. The van der Waals surface area contributed by atoms with Gasteiger partial charge >= 0.3 is 11.9 Å². The maximum Gasteiger partial charge on any atom is 0.309 e. The van der Waals surface area contributed by atoms with Crippen molar-refractivity contribution in [2.24, 2.45) is 11.8 Å². The quantitative estimate of drug-likeness (QED) is 0.188. The first kappa shape index (κ1) is 29.8. The zero-order chi connectivity index (χ0) is 24.2. The van der Waals surface area contributed by atoms with Crippen molar-refractivity contribution in [1.82, 2.24) is 0 Å². The lowest BCUT2D eigenvalue weighted by Crippen LogP contribution is -2.45. The summed E-state index contributed by atoms with van der Waals surface area (Å²) in [7, 11) is 11.6. The van der Waals surface area contributed by atoms with Crippen molar-refractivity contribution in [2.75, 3.05) is 55.4 Å². The van der Waals surface area contributed by atoms with Crippen molar-refractivity contribution in [3.05, 3.63) is 0 Å². The highest BCUT2D eigenvalue weighted by Crippen LogP contribution is 2.20. The average Bonchev–Trinajstić information content (AvgIpc) is 2.55. The number of aliphatic hydroxyl groups excluding tert-OH is 2. The fourth-order valence-electron chi connectivity index (χ4n) is 3.95. The van der Waals surface area contributed by atoms with E-state index in [0.29, 0.717) is 34.9 Å². The smallest absolute Gasteiger partial charge is 0.309 e. The molecule has 184 valence electrons. The Morgan fingerprint density at radius 2 is 0.839 bits per heavy atom. The number of quaternary nitrogens is 2. The first-order valence-corrected chi connectivity index (χ1v) is 11.6. The van der Waals surface area contributed by atoms with E-state index in [9.17, 15) is 30.0 Å². The molecule has 0 heterocycles. The average molecular weight is 449 g/mol. The molecule has 0 aromatic carbocycles. The number of nitrogens with zero attached hydrogens (tertiary/aromatic N) is 2. The summed E-state index contributed by atoms with van der Waals surface area (Å²) in [6.07, 6.45) is 5.75. The number of aliphatic carboxylic acids is 2. The van der Waals surface area contributed by atoms with Gasteiger partial charge in [-0.15, -0.1) is 0 Å². The monoisotopic (exact) mass is 448 g/mol. The van der Waals surface area contributed by atoms with Crippen LogP contribution in [0.5, 0.6) is 0 Å². The van der Waals surface area contributed by atoms with Crippen LogP contribution in [0.3, 0.4) is 0 Å². The van der Waals surface area contributed by atoms with Gasteiger partial charge in [0.25, 0.3) is 0 Å². The molecule has 0 aliphatic heterocycles.